The van der Waals surface area contributed by atoms with E-state index in [1.165, 1.54) is 16.4 Å². The second kappa shape index (κ2) is 11.8. The molecular formula is C25H25Cl3N2O4S2. The number of benzene rings is 2. The van der Waals surface area contributed by atoms with Gasteiger partial charge in [0.2, 0.25) is 10.0 Å². The zero-order chi connectivity index (χ0) is 25.9. The number of sulfonamides is 1. The first-order valence-electron chi connectivity index (χ1n) is 11.3. The van der Waals surface area contributed by atoms with Crippen molar-refractivity contribution in [3.05, 3.63) is 85.0 Å². The molecule has 2 aromatic carbocycles. The molecule has 1 fully saturated rings. The molecule has 2 heterocycles. The molecule has 1 saturated heterocycles. The average molecular weight is 588 g/mol. The zero-order valence-electron chi connectivity index (χ0n) is 19.5. The largest absolute Gasteiger partial charge is 0.379 e. The third kappa shape index (κ3) is 6.25. The van der Waals surface area contributed by atoms with Crippen molar-refractivity contribution in [1.29, 1.82) is 0 Å². The quantitative estimate of drug-likeness (QED) is 0.324. The standard InChI is InChI=1S/C25H25Cl3N2O4S2/c1-17(13-20-3-2-12-35-20)30(16-18-4-6-19(26)7-5-18)25(31)21-14-24(23(28)15-22(21)27)36(32,33)29-8-10-34-11-9-29/h2-7,12,14-15,17H,8-11,13,16H2,1H3. The minimum atomic E-state index is -3.94. The van der Waals surface area contributed by atoms with Crippen molar-refractivity contribution in [1.82, 2.24) is 9.21 Å². The lowest BCUT2D eigenvalue weighted by Crippen LogP contribution is -2.41. The van der Waals surface area contributed by atoms with Crippen LogP contribution >= 0.6 is 46.1 Å². The van der Waals surface area contributed by atoms with Crippen LogP contribution in [0.4, 0.5) is 0 Å². The first kappa shape index (κ1) is 27.4. The number of hydrogen-bond donors (Lipinski definition) is 0. The monoisotopic (exact) mass is 586 g/mol. The van der Waals surface area contributed by atoms with E-state index in [0.29, 0.717) is 31.2 Å². The summed E-state index contributed by atoms with van der Waals surface area (Å²) in [6.45, 7) is 3.28. The molecule has 1 aliphatic rings. The molecule has 0 spiro atoms. The summed E-state index contributed by atoms with van der Waals surface area (Å²) in [7, 11) is -3.94. The Morgan fingerprint density at radius 1 is 1.08 bits per heavy atom. The molecule has 0 aliphatic carbocycles. The molecule has 36 heavy (non-hydrogen) atoms. The molecule has 1 aromatic heterocycles. The van der Waals surface area contributed by atoms with Crippen LogP contribution in [0.5, 0.6) is 0 Å². The Hall–Kier alpha value is -1.65. The molecule has 192 valence electrons. The van der Waals surface area contributed by atoms with E-state index in [1.54, 1.807) is 28.4 Å². The summed E-state index contributed by atoms with van der Waals surface area (Å²) in [5.74, 6) is -0.380. The van der Waals surface area contributed by atoms with Gasteiger partial charge in [-0.15, -0.1) is 11.3 Å². The Kier molecular flexibility index (Phi) is 8.99. The van der Waals surface area contributed by atoms with Crippen LogP contribution in [-0.4, -0.2) is 55.9 Å². The minimum Gasteiger partial charge on any atom is -0.379 e. The van der Waals surface area contributed by atoms with Gasteiger partial charge in [-0.05, 0) is 48.2 Å². The lowest BCUT2D eigenvalue weighted by atomic mass is 10.1. The molecule has 6 nitrogen and oxygen atoms in total. The van der Waals surface area contributed by atoms with E-state index in [-0.39, 0.29) is 45.5 Å². The SMILES string of the molecule is CC(Cc1cccs1)N(Cc1ccc(Cl)cc1)C(=O)c1cc(S(=O)(=O)N2CCOCC2)c(Cl)cc1Cl. The van der Waals surface area contributed by atoms with Gasteiger partial charge in [0.15, 0.2) is 0 Å². The number of morpholine rings is 1. The highest BCUT2D eigenvalue weighted by molar-refractivity contribution is 7.89. The van der Waals surface area contributed by atoms with Crippen LogP contribution in [0.2, 0.25) is 15.1 Å². The summed E-state index contributed by atoms with van der Waals surface area (Å²) >= 11 is 20.5. The highest BCUT2D eigenvalue weighted by Gasteiger charge is 2.32. The number of thiophene rings is 1. The Morgan fingerprint density at radius 3 is 2.42 bits per heavy atom. The summed E-state index contributed by atoms with van der Waals surface area (Å²) in [5.41, 5.74) is 0.969. The summed E-state index contributed by atoms with van der Waals surface area (Å²) < 4.78 is 33.3. The molecule has 1 atom stereocenters. The van der Waals surface area contributed by atoms with Gasteiger partial charge in [-0.1, -0.05) is 53.0 Å². The first-order chi connectivity index (χ1) is 17.2. The van der Waals surface area contributed by atoms with Gasteiger partial charge in [0, 0.05) is 42.0 Å². The number of rotatable bonds is 8. The van der Waals surface area contributed by atoms with Crippen LogP contribution in [0.15, 0.2) is 58.8 Å². The number of hydrogen-bond acceptors (Lipinski definition) is 5. The van der Waals surface area contributed by atoms with Crippen molar-refractivity contribution < 1.29 is 17.9 Å². The first-order valence-corrected chi connectivity index (χ1v) is 14.8. The fraction of sp³-hybridized carbons (Fsp3) is 0.320. The van der Waals surface area contributed by atoms with Crippen LogP contribution < -0.4 is 0 Å². The van der Waals surface area contributed by atoms with Gasteiger partial charge >= 0.3 is 0 Å². The highest BCUT2D eigenvalue weighted by Crippen LogP contribution is 2.32. The maximum absolute atomic E-state index is 13.9. The molecular weight excluding hydrogens is 563 g/mol. The average Bonchev–Trinajstić information content (AvgIpc) is 3.36. The molecule has 1 unspecified atom stereocenters. The topological polar surface area (TPSA) is 66.9 Å². The molecule has 0 saturated carbocycles. The van der Waals surface area contributed by atoms with Gasteiger partial charge < -0.3 is 9.64 Å². The summed E-state index contributed by atoms with van der Waals surface area (Å²) in [6, 6.07) is 13.7. The van der Waals surface area contributed by atoms with Crippen LogP contribution in [0.25, 0.3) is 0 Å². The molecule has 3 aromatic rings. The fourth-order valence-electron chi connectivity index (χ4n) is 4.02. The van der Waals surface area contributed by atoms with Crippen molar-refractivity contribution in [2.75, 3.05) is 26.3 Å². The van der Waals surface area contributed by atoms with Gasteiger partial charge in [0.1, 0.15) is 4.90 Å². The van der Waals surface area contributed by atoms with Gasteiger partial charge in [-0.25, -0.2) is 8.42 Å². The van der Waals surface area contributed by atoms with Crippen molar-refractivity contribution in [2.24, 2.45) is 0 Å². The number of nitrogens with zero attached hydrogens (tertiary/aromatic N) is 2. The second-order valence-corrected chi connectivity index (χ2v) is 12.7. The fourth-order valence-corrected chi connectivity index (χ4v) is 7.20. The third-order valence-corrected chi connectivity index (χ3v) is 9.80. The minimum absolute atomic E-state index is 0.0288. The summed E-state index contributed by atoms with van der Waals surface area (Å²) in [6.07, 6.45) is 0.640. The van der Waals surface area contributed by atoms with Crippen LogP contribution in [0.3, 0.4) is 0 Å². The normalized spacial score (nSPS) is 15.6. The number of ether oxygens (including phenoxy) is 1. The van der Waals surface area contributed by atoms with Gasteiger partial charge in [-0.2, -0.15) is 4.31 Å². The number of carbonyl (C=O) groups excluding carboxylic acids is 1. The van der Waals surface area contributed by atoms with Crippen molar-refractivity contribution >= 4 is 62.1 Å². The molecule has 0 radical (unpaired) electrons. The maximum Gasteiger partial charge on any atom is 0.255 e. The Bertz CT molecular complexity index is 1310. The Morgan fingerprint density at radius 2 is 1.78 bits per heavy atom. The predicted molar refractivity (Wildman–Crippen MR) is 145 cm³/mol. The second-order valence-electron chi connectivity index (χ2n) is 8.47. The third-order valence-electron chi connectivity index (χ3n) is 5.98. The molecule has 4 rings (SSSR count). The van der Waals surface area contributed by atoms with Crippen molar-refractivity contribution in [3.63, 3.8) is 0 Å². The van der Waals surface area contributed by atoms with E-state index in [2.05, 4.69) is 0 Å². The lowest BCUT2D eigenvalue weighted by Gasteiger charge is -2.30. The van der Waals surface area contributed by atoms with Gasteiger partial charge in [0.05, 0.1) is 28.8 Å². The van der Waals surface area contributed by atoms with E-state index in [0.717, 1.165) is 10.4 Å². The van der Waals surface area contributed by atoms with E-state index in [1.807, 2.05) is 36.6 Å². The Labute approximate surface area is 230 Å². The summed E-state index contributed by atoms with van der Waals surface area (Å²) in [5, 5.41) is 2.66. The maximum atomic E-state index is 13.9. The molecule has 1 aliphatic heterocycles. The van der Waals surface area contributed by atoms with Crippen molar-refractivity contribution in [2.45, 2.75) is 30.8 Å². The molecule has 11 heteroatoms. The van der Waals surface area contributed by atoms with E-state index in [4.69, 9.17) is 39.5 Å². The summed E-state index contributed by atoms with van der Waals surface area (Å²) in [4.78, 5) is 16.6. The van der Waals surface area contributed by atoms with E-state index in [9.17, 15) is 13.2 Å². The Balaban J connectivity index is 1.70. The number of amides is 1. The van der Waals surface area contributed by atoms with E-state index >= 15 is 0 Å². The van der Waals surface area contributed by atoms with Crippen molar-refractivity contribution in [3.8, 4) is 0 Å². The zero-order valence-corrected chi connectivity index (χ0v) is 23.4. The number of halogens is 3. The van der Waals surface area contributed by atoms with Gasteiger partial charge in [-0.3, -0.25) is 4.79 Å². The molecule has 0 bridgehead atoms. The highest BCUT2D eigenvalue weighted by atomic mass is 35.5. The van der Waals surface area contributed by atoms with Crippen LogP contribution in [0.1, 0.15) is 27.7 Å². The predicted octanol–water partition coefficient (Wildman–Crippen LogP) is 6.00. The smallest absolute Gasteiger partial charge is 0.255 e. The van der Waals surface area contributed by atoms with Gasteiger partial charge in [0.25, 0.3) is 5.91 Å². The van der Waals surface area contributed by atoms with E-state index < -0.39 is 10.0 Å². The van der Waals surface area contributed by atoms with Crippen LogP contribution in [-0.2, 0) is 27.7 Å². The molecule has 1 amide bonds. The number of carbonyl (C=O) groups is 1. The molecule has 0 N–H and O–H groups in total. The van der Waals surface area contributed by atoms with Crippen LogP contribution in [0, 0.1) is 0 Å². The lowest BCUT2D eigenvalue weighted by molar-refractivity contribution is 0.0675.